The van der Waals surface area contributed by atoms with E-state index in [0.717, 1.165) is 42.7 Å². The number of rotatable bonds is 2. The summed E-state index contributed by atoms with van der Waals surface area (Å²) in [6.07, 6.45) is 3.66. The lowest BCUT2D eigenvalue weighted by Crippen LogP contribution is -2.19. The van der Waals surface area contributed by atoms with E-state index in [-0.39, 0.29) is 0 Å². The van der Waals surface area contributed by atoms with Gasteiger partial charge in [0.1, 0.15) is 6.10 Å². The highest BCUT2D eigenvalue weighted by Crippen LogP contribution is 2.19. The van der Waals surface area contributed by atoms with Crippen LogP contribution in [-0.4, -0.2) is 24.2 Å². The normalized spacial score (nSPS) is 20.6. The molecular formula is C15H18N2O. The van der Waals surface area contributed by atoms with E-state index >= 15 is 0 Å². The Balaban J connectivity index is 1.77. The highest BCUT2D eigenvalue weighted by atomic mass is 16.5. The lowest BCUT2D eigenvalue weighted by atomic mass is 10.1. The molecule has 3 rings (SSSR count). The maximum atomic E-state index is 5.99. The van der Waals surface area contributed by atoms with E-state index in [1.54, 1.807) is 0 Å². The van der Waals surface area contributed by atoms with Crippen LogP contribution in [-0.2, 0) is 0 Å². The molecule has 2 aromatic rings. The van der Waals surface area contributed by atoms with E-state index in [4.69, 9.17) is 4.74 Å². The van der Waals surface area contributed by atoms with E-state index in [0.29, 0.717) is 6.10 Å². The molecule has 1 N–H and O–H groups in total. The SMILES string of the molecule is c1ccc2nc(OC3CCCNCC3)ccc2c1. The zero-order valence-corrected chi connectivity index (χ0v) is 10.4. The van der Waals surface area contributed by atoms with E-state index in [1.165, 1.54) is 6.42 Å². The summed E-state index contributed by atoms with van der Waals surface area (Å²) in [5.41, 5.74) is 1.00. The Kier molecular flexibility index (Phi) is 3.42. The molecule has 1 aromatic heterocycles. The number of para-hydroxylation sites is 1. The Hall–Kier alpha value is -1.61. The number of hydrogen-bond acceptors (Lipinski definition) is 3. The summed E-state index contributed by atoms with van der Waals surface area (Å²) in [5.74, 6) is 0.751. The molecule has 0 amide bonds. The quantitative estimate of drug-likeness (QED) is 0.879. The molecule has 2 heterocycles. The Morgan fingerprint density at radius 1 is 1.06 bits per heavy atom. The summed E-state index contributed by atoms with van der Waals surface area (Å²) in [6.45, 7) is 2.14. The van der Waals surface area contributed by atoms with Crippen LogP contribution in [0, 0.1) is 0 Å². The summed E-state index contributed by atoms with van der Waals surface area (Å²) in [5, 5.41) is 4.55. The predicted octanol–water partition coefficient (Wildman–Crippen LogP) is 2.76. The van der Waals surface area contributed by atoms with Crippen LogP contribution in [0.3, 0.4) is 0 Å². The molecule has 0 bridgehead atoms. The van der Waals surface area contributed by atoms with Gasteiger partial charge < -0.3 is 10.1 Å². The van der Waals surface area contributed by atoms with Crippen LogP contribution in [0.25, 0.3) is 10.9 Å². The van der Waals surface area contributed by atoms with Crippen LogP contribution >= 0.6 is 0 Å². The molecule has 0 radical (unpaired) electrons. The first-order valence-electron chi connectivity index (χ1n) is 6.65. The molecule has 1 aliphatic heterocycles. The summed E-state index contributed by atoms with van der Waals surface area (Å²) >= 11 is 0. The second-order valence-corrected chi connectivity index (χ2v) is 4.76. The third-order valence-electron chi connectivity index (χ3n) is 3.38. The van der Waals surface area contributed by atoms with E-state index in [2.05, 4.69) is 22.4 Å². The molecule has 18 heavy (non-hydrogen) atoms. The minimum Gasteiger partial charge on any atom is -0.474 e. The number of aromatic nitrogens is 1. The van der Waals surface area contributed by atoms with Gasteiger partial charge in [-0.3, -0.25) is 0 Å². The average molecular weight is 242 g/mol. The van der Waals surface area contributed by atoms with E-state index in [1.807, 2.05) is 24.3 Å². The van der Waals surface area contributed by atoms with Gasteiger partial charge in [0.15, 0.2) is 0 Å². The van der Waals surface area contributed by atoms with Crippen LogP contribution in [0.1, 0.15) is 19.3 Å². The molecule has 1 fully saturated rings. The zero-order valence-electron chi connectivity index (χ0n) is 10.4. The largest absolute Gasteiger partial charge is 0.474 e. The van der Waals surface area contributed by atoms with Crippen molar-refractivity contribution in [2.24, 2.45) is 0 Å². The molecular weight excluding hydrogens is 224 g/mol. The number of hydrogen-bond donors (Lipinski definition) is 1. The van der Waals surface area contributed by atoms with Crippen molar-refractivity contribution in [3.05, 3.63) is 36.4 Å². The molecule has 1 aromatic carbocycles. The van der Waals surface area contributed by atoms with Crippen molar-refractivity contribution in [1.82, 2.24) is 10.3 Å². The number of fused-ring (bicyclic) bond motifs is 1. The van der Waals surface area contributed by atoms with Gasteiger partial charge in [-0.1, -0.05) is 18.2 Å². The second kappa shape index (κ2) is 5.36. The Bertz CT molecular complexity index is 519. The van der Waals surface area contributed by atoms with Crippen LogP contribution < -0.4 is 10.1 Å². The Labute approximate surface area is 107 Å². The van der Waals surface area contributed by atoms with Gasteiger partial charge in [0.2, 0.25) is 5.88 Å². The van der Waals surface area contributed by atoms with Crippen molar-refractivity contribution >= 4 is 10.9 Å². The molecule has 1 saturated heterocycles. The Morgan fingerprint density at radius 2 is 2.00 bits per heavy atom. The highest BCUT2D eigenvalue weighted by molar-refractivity contribution is 5.78. The Morgan fingerprint density at radius 3 is 3.00 bits per heavy atom. The van der Waals surface area contributed by atoms with E-state index in [9.17, 15) is 0 Å². The molecule has 3 nitrogen and oxygen atoms in total. The molecule has 3 heteroatoms. The summed E-state index contributed by atoms with van der Waals surface area (Å²) in [6, 6.07) is 12.2. The minimum absolute atomic E-state index is 0.300. The van der Waals surface area contributed by atoms with Gasteiger partial charge in [0, 0.05) is 11.5 Å². The molecule has 1 unspecified atom stereocenters. The molecule has 0 spiro atoms. The van der Waals surface area contributed by atoms with Crippen molar-refractivity contribution in [3.63, 3.8) is 0 Å². The third-order valence-corrected chi connectivity index (χ3v) is 3.38. The molecule has 1 aliphatic rings. The van der Waals surface area contributed by atoms with Gasteiger partial charge in [0.25, 0.3) is 0 Å². The van der Waals surface area contributed by atoms with Crippen LogP contribution in [0.5, 0.6) is 5.88 Å². The fraction of sp³-hybridized carbons (Fsp3) is 0.400. The minimum atomic E-state index is 0.300. The smallest absolute Gasteiger partial charge is 0.214 e. The zero-order chi connectivity index (χ0) is 12.2. The number of benzene rings is 1. The maximum absolute atomic E-state index is 5.99. The average Bonchev–Trinajstić information content (AvgIpc) is 2.67. The monoisotopic (exact) mass is 242 g/mol. The number of nitrogens with zero attached hydrogens (tertiary/aromatic N) is 1. The fourth-order valence-electron chi connectivity index (χ4n) is 2.39. The van der Waals surface area contributed by atoms with Crippen LogP contribution in [0.2, 0.25) is 0 Å². The lowest BCUT2D eigenvalue weighted by Gasteiger charge is -2.15. The van der Waals surface area contributed by atoms with Crippen molar-refractivity contribution in [1.29, 1.82) is 0 Å². The third kappa shape index (κ3) is 2.62. The molecule has 1 atom stereocenters. The molecule has 94 valence electrons. The number of ether oxygens (including phenoxy) is 1. The van der Waals surface area contributed by atoms with Crippen molar-refractivity contribution in [2.45, 2.75) is 25.4 Å². The first-order chi connectivity index (χ1) is 8.92. The first-order valence-corrected chi connectivity index (χ1v) is 6.65. The second-order valence-electron chi connectivity index (χ2n) is 4.76. The van der Waals surface area contributed by atoms with Crippen LogP contribution in [0.15, 0.2) is 36.4 Å². The van der Waals surface area contributed by atoms with Gasteiger partial charge in [-0.05, 0) is 44.5 Å². The summed E-state index contributed by atoms with van der Waals surface area (Å²) in [4.78, 5) is 4.56. The highest BCUT2D eigenvalue weighted by Gasteiger charge is 2.13. The van der Waals surface area contributed by atoms with Gasteiger partial charge in [-0.15, -0.1) is 0 Å². The predicted molar refractivity (Wildman–Crippen MR) is 72.9 cm³/mol. The van der Waals surface area contributed by atoms with E-state index < -0.39 is 0 Å². The number of pyridine rings is 1. The summed E-state index contributed by atoms with van der Waals surface area (Å²) in [7, 11) is 0. The van der Waals surface area contributed by atoms with Gasteiger partial charge in [0.05, 0.1) is 5.52 Å². The number of nitrogens with one attached hydrogen (secondary N) is 1. The van der Waals surface area contributed by atoms with Crippen LogP contribution in [0.4, 0.5) is 0 Å². The van der Waals surface area contributed by atoms with Crippen molar-refractivity contribution < 1.29 is 4.74 Å². The lowest BCUT2D eigenvalue weighted by molar-refractivity contribution is 0.180. The summed E-state index contributed by atoms with van der Waals surface area (Å²) < 4.78 is 5.99. The molecule has 0 saturated carbocycles. The van der Waals surface area contributed by atoms with Gasteiger partial charge >= 0.3 is 0 Å². The molecule has 0 aliphatic carbocycles. The van der Waals surface area contributed by atoms with Crippen molar-refractivity contribution in [3.8, 4) is 5.88 Å². The fourth-order valence-corrected chi connectivity index (χ4v) is 2.39. The topological polar surface area (TPSA) is 34.1 Å². The van der Waals surface area contributed by atoms with Crippen molar-refractivity contribution in [2.75, 3.05) is 13.1 Å². The van der Waals surface area contributed by atoms with Gasteiger partial charge in [-0.25, -0.2) is 4.98 Å². The standard InChI is InChI=1S/C15H18N2O/c1-2-6-14-12(4-1)7-8-15(17-14)18-13-5-3-10-16-11-9-13/h1-2,4,6-8,13,16H,3,5,9-11H2. The van der Waals surface area contributed by atoms with Gasteiger partial charge in [-0.2, -0.15) is 0 Å². The maximum Gasteiger partial charge on any atom is 0.214 e. The first kappa shape index (κ1) is 11.5.